The van der Waals surface area contributed by atoms with E-state index in [0.717, 1.165) is 33.8 Å². The fourth-order valence-corrected chi connectivity index (χ4v) is 3.61. The lowest BCUT2D eigenvalue weighted by molar-refractivity contribution is 0.416. The maximum atomic E-state index is 5.60. The van der Waals surface area contributed by atoms with Gasteiger partial charge in [0, 0.05) is 42.0 Å². The molecule has 0 aliphatic rings. The van der Waals surface area contributed by atoms with Crippen LogP contribution in [0, 0.1) is 0 Å². The molecule has 3 heterocycles. The second-order valence-electron chi connectivity index (χ2n) is 9.84. The molecule has 0 atom stereocenters. The molecule has 1 aromatic carbocycles. The Morgan fingerprint density at radius 3 is 1.72 bits per heavy atom. The van der Waals surface area contributed by atoms with Gasteiger partial charge in [-0.3, -0.25) is 20.8 Å². The first-order chi connectivity index (χ1) is 18.7. The van der Waals surface area contributed by atoms with Gasteiger partial charge in [0.15, 0.2) is 11.6 Å². The molecule has 200 valence electrons. The van der Waals surface area contributed by atoms with Gasteiger partial charge < -0.3 is 10.1 Å². The van der Waals surface area contributed by atoms with E-state index in [2.05, 4.69) is 73.1 Å². The summed E-state index contributed by atoms with van der Waals surface area (Å²) >= 11 is 0. The number of benzene rings is 1. The number of ether oxygens (including phenoxy) is 1. The number of hydrazone groups is 2. The zero-order valence-corrected chi connectivity index (χ0v) is 23.0. The summed E-state index contributed by atoms with van der Waals surface area (Å²) in [7, 11) is 1.64. The first-order valence-corrected chi connectivity index (χ1v) is 12.5. The van der Waals surface area contributed by atoms with Gasteiger partial charge in [-0.2, -0.15) is 20.2 Å². The van der Waals surface area contributed by atoms with E-state index >= 15 is 0 Å². The van der Waals surface area contributed by atoms with Crippen LogP contribution in [0.25, 0.3) is 0 Å². The highest BCUT2D eigenvalue weighted by atomic mass is 16.5. The molecular formula is C29H33N9O. The quantitative estimate of drug-likeness (QED) is 0.181. The average molecular weight is 524 g/mol. The smallest absolute Gasteiger partial charge is 0.231 e. The molecule has 0 radical (unpaired) electrons. The first-order valence-electron chi connectivity index (χ1n) is 12.5. The van der Waals surface area contributed by atoms with Crippen LogP contribution < -0.4 is 20.9 Å². The highest BCUT2D eigenvalue weighted by molar-refractivity contribution is 5.99. The third-order valence-electron chi connectivity index (χ3n) is 5.91. The van der Waals surface area contributed by atoms with Crippen LogP contribution in [0.2, 0.25) is 0 Å². The van der Waals surface area contributed by atoms with Crippen LogP contribution in [-0.4, -0.2) is 38.5 Å². The van der Waals surface area contributed by atoms with Crippen LogP contribution in [-0.2, 0) is 5.41 Å². The summed E-state index contributed by atoms with van der Waals surface area (Å²) in [5.74, 6) is 1.98. The highest BCUT2D eigenvalue weighted by Crippen LogP contribution is 2.33. The molecule has 0 bridgehead atoms. The summed E-state index contributed by atoms with van der Waals surface area (Å²) in [6.45, 7) is 10.3. The molecule has 3 aromatic heterocycles. The standard InChI is InChI=1S/C29H33N9O/c1-19(21-9-13-30-14-10-21)35-37-26-18-27(38-36-20(2)22-11-15-31-16-12-22)34-28(33-26)32-24-17-23(29(3,4)5)7-8-25(24)39-6/h7-18H,1-6H3,(H3,32,33,34,37,38). The number of hydrogen-bond acceptors (Lipinski definition) is 10. The number of nitrogens with one attached hydrogen (secondary N) is 3. The Labute approximate surface area is 228 Å². The Hall–Kier alpha value is -4.86. The van der Waals surface area contributed by atoms with E-state index in [-0.39, 0.29) is 5.41 Å². The summed E-state index contributed by atoms with van der Waals surface area (Å²) in [6.07, 6.45) is 6.91. The van der Waals surface area contributed by atoms with Gasteiger partial charge in [0.05, 0.1) is 24.2 Å². The molecule has 0 spiro atoms. The van der Waals surface area contributed by atoms with E-state index in [0.29, 0.717) is 23.3 Å². The van der Waals surface area contributed by atoms with Crippen molar-refractivity contribution in [1.82, 2.24) is 19.9 Å². The molecule has 0 saturated carbocycles. The number of hydrogen-bond donors (Lipinski definition) is 3. The molecule has 10 nitrogen and oxygen atoms in total. The maximum Gasteiger partial charge on any atom is 0.231 e. The molecule has 0 saturated heterocycles. The van der Waals surface area contributed by atoms with E-state index < -0.39 is 0 Å². The molecule has 0 aliphatic carbocycles. The van der Waals surface area contributed by atoms with E-state index in [1.807, 2.05) is 50.2 Å². The molecule has 0 amide bonds. The minimum Gasteiger partial charge on any atom is -0.495 e. The van der Waals surface area contributed by atoms with Gasteiger partial charge >= 0.3 is 0 Å². The Balaban J connectivity index is 1.67. The van der Waals surface area contributed by atoms with Crippen LogP contribution in [0.1, 0.15) is 51.3 Å². The van der Waals surface area contributed by atoms with Crippen molar-refractivity contribution in [1.29, 1.82) is 0 Å². The van der Waals surface area contributed by atoms with Gasteiger partial charge in [0.1, 0.15) is 5.75 Å². The molecule has 4 aromatic rings. The molecule has 10 heteroatoms. The molecule has 0 unspecified atom stereocenters. The number of aromatic nitrogens is 4. The molecular weight excluding hydrogens is 490 g/mol. The Morgan fingerprint density at radius 2 is 1.26 bits per heavy atom. The van der Waals surface area contributed by atoms with Crippen LogP contribution in [0.3, 0.4) is 0 Å². The predicted octanol–water partition coefficient (Wildman–Crippen LogP) is 5.99. The summed E-state index contributed by atoms with van der Waals surface area (Å²) in [6, 6.07) is 15.4. The van der Waals surface area contributed by atoms with Crippen molar-refractivity contribution < 1.29 is 4.74 Å². The van der Waals surface area contributed by atoms with Crippen molar-refractivity contribution in [3.8, 4) is 5.75 Å². The van der Waals surface area contributed by atoms with Crippen LogP contribution >= 0.6 is 0 Å². The van der Waals surface area contributed by atoms with E-state index in [1.54, 1.807) is 38.0 Å². The molecule has 3 N–H and O–H groups in total. The Bertz CT molecular complexity index is 1390. The normalized spacial score (nSPS) is 12.2. The third kappa shape index (κ3) is 7.35. The van der Waals surface area contributed by atoms with Gasteiger partial charge in [0.25, 0.3) is 0 Å². The SMILES string of the molecule is COc1ccc(C(C)(C)C)cc1Nc1nc(NN=C(C)c2ccncc2)cc(NN=C(C)c2ccncc2)n1. The minimum atomic E-state index is -0.0436. The zero-order valence-electron chi connectivity index (χ0n) is 23.0. The van der Waals surface area contributed by atoms with Crippen molar-refractivity contribution in [2.24, 2.45) is 10.2 Å². The summed E-state index contributed by atoms with van der Waals surface area (Å²) in [5.41, 5.74) is 11.4. The van der Waals surface area contributed by atoms with Crippen molar-refractivity contribution in [2.75, 3.05) is 23.3 Å². The lowest BCUT2D eigenvalue weighted by Crippen LogP contribution is -2.12. The minimum absolute atomic E-state index is 0.0436. The number of pyridine rings is 2. The molecule has 39 heavy (non-hydrogen) atoms. The topological polar surface area (TPSA) is 122 Å². The average Bonchev–Trinajstić information content (AvgIpc) is 2.95. The molecule has 0 aliphatic heterocycles. The lowest BCUT2D eigenvalue weighted by atomic mass is 9.87. The second kappa shape index (κ2) is 12.1. The largest absolute Gasteiger partial charge is 0.495 e. The van der Waals surface area contributed by atoms with Gasteiger partial charge in [-0.05, 0) is 61.2 Å². The monoisotopic (exact) mass is 523 g/mol. The Kier molecular flexibility index (Phi) is 8.45. The van der Waals surface area contributed by atoms with Crippen molar-refractivity contribution in [3.63, 3.8) is 0 Å². The second-order valence-corrected chi connectivity index (χ2v) is 9.84. The fraction of sp³-hybridized carbons (Fsp3) is 0.241. The van der Waals surface area contributed by atoms with Crippen molar-refractivity contribution in [2.45, 2.75) is 40.0 Å². The Morgan fingerprint density at radius 1 is 0.744 bits per heavy atom. The van der Waals surface area contributed by atoms with Gasteiger partial charge in [-0.1, -0.05) is 26.8 Å². The summed E-state index contributed by atoms with van der Waals surface area (Å²) in [5, 5.41) is 12.3. The summed E-state index contributed by atoms with van der Waals surface area (Å²) in [4.78, 5) is 17.4. The highest BCUT2D eigenvalue weighted by Gasteiger charge is 2.17. The van der Waals surface area contributed by atoms with Gasteiger partial charge in [-0.15, -0.1) is 0 Å². The zero-order chi connectivity index (χ0) is 27.8. The molecule has 0 fully saturated rings. The number of nitrogens with zero attached hydrogens (tertiary/aromatic N) is 6. The number of methoxy groups -OCH3 is 1. The van der Waals surface area contributed by atoms with Crippen LogP contribution in [0.5, 0.6) is 5.75 Å². The van der Waals surface area contributed by atoms with Crippen LogP contribution in [0.15, 0.2) is 83.5 Å². The fourth-order valence-electron chi connectivity index (χ4n) is 3.61. The third-order valence-corrected chi connectivity index (χ3v) is 5.91. The number of anilines is 4. The van der Waals surface area contributed by atoms with E-state index in [9.17, 15) is 0 Å². The summed E-state index contributed by atoms with van der Waals surface area (Å²) < 4.78 is 5.60. The van der Waals surface area contributed by atoms with Crippen LogP contribution in [0.4, 0.5) is 23.3 Å². The molecule has 4 rings (SSSR count). The van der Waals surface area contributed by atoms with Crippen molar-refractivity contribution in [3.05, 3.63) is 90.0 Å². The van der Waals surface area contributed by atoms with Crippen molar-refractivity contribution >= 4 is 34.7 Å². The van der Waals surface area contributed by atoms with E-state index in [4.69, 9.17) is 4.74 Å². The predicted molar refractivity (Wildman–Crippen MR) is 157 cm³/mol. The number of rotatable bonds is 9. The van der Waals surface area contributed by atoms with Gasteiger partial charge in [-0.25, -0.2) is 0 Å². The van der Waals surface area contributed by atoms with E-state index in [1.165, 1.54) is 0 Å². The van der Waals surface area contributed by atoms with Gasteiger partial charge in [0.2, 0.25) is 5.95 Å². The lowest BCUT2D eigenvalue weighted by Gasteiger charge is -2.21. The first kappa shape index (κ1) is 27.2. The maximum absolute atomic E-state index is 5.60.